The van der Waals surface area contributed by atoms with Crippen LogP contribution in [0.15, 0.2) is 200 Å². The molecule has 10 aromatic carbocycles. The molecule has 0 unspecified atom stereocenters. The van der Waals surface area contributed by atoms with E-state index in [1.165, 1.54) is 76.1 Å². The molecule has 51 heavy (non-hydrogen) atoms. The van der Waals surface area contributed by atoms with Gasteiger partial charge in [0.15, 0.2) is 0 Å². The van der Waals surface area contributed by atoms with Crippen LogP contribution in [0.1, 0.15) is 0 Å². The molecule has 0 saturated heterocycles. The van der Waals surface area contributed by atoms with Gasteiger partial charge in [-0.2, -0.15) is 0 Å². The van der Waals surface area contributed by atoms with Crippen LogP contribution < -0.4 is 4.90 Å². The summed E-state index contributed by atoms with van der Waals surface area (Å²) in [5.41, 5.74) is 8.22. The van der Waals surface area contributed by atoms with Crippen LogP contribution in [0.25, 0.3) is 76.1 Å². The zero-order valence-corrected chi connectivity index (χ0v) is 28.0. The van der Waals surface area contributed by atoms with Gasteiger partial charge in [0, 0.05) is 16.8 Å². The quantitative estimate of drug-likeness (QED) is 0.168. The first-order valence-electron chi connectivity index (χ1n) is 17.6. The molecule has 0 radical (unpaired) electrons. The number of nitrogens with zero attached hydrogens (tertiary/aromatic N) is 1. The van der Waals surface area contributed by atoms with Crippen molar-refractivity contribution < 1.29 is 0 Å². The third-order valence-corrected chi connectivity index (χ3v) is 10.4. The van der Waals surface area contributed by atoms with Gasteiger partial charge in [-0.25, -0.2) is 0 Å². The maximum Gasteiger partial charge on any atom is 0.0546 e. The number of fused-ring (bicyclic) bond motifs is 8. The van der Waals surface area contributed by atoms with Crippen molar-refractivity contribution in [3.05, 3.63) is 200 Å². The maximum absolute atomic E-state index is 2.44. The lowest BCUT2D eigenvalue weighted by Crippen LogP contribution is -2.11. The average Bonchev–Trinajstić information content (AvgIpc) is 3.21. The molecule has 0 amide bonds. The molecule has 10 aromatic rings. The fourth-order valence-corrected chi connectivity index (χ4v) is 8.01. The fourth-order valence-electron chi connectivity index (χ4n) is 8.01. The summed E-state index contributed by atoms with van der Waals surface area (Å²) in [6, 6.07) is 73.1. The Morgan fingerprint density at radius 1 is 0.275 bits per heavy atom. The van der Waals surface area contributed by atoms with E-state index in [-0.39, 0.29) is 0 Å². The number of benzene rings is 10. The van der Waals surface area contributed by atoms with Crippen molar-refractivity contribution in [2.24, 2.45) is 0 Å². The van der Waals surface area contributed by atoms with Crippen molar-refractivity contribution in [3.8, 4) is 22.3 Å². The van der Waals surface area contributed by atoms with Crippen LogP contribution in [0.3, 0.4) is 0 Å². The minimum absolute atomic E-state index is 1.11. The van der Waals surface area contributed by atoms with Gasteiger partial charge in [-0.1, -0.05) is 164 Å². The fraction of sp³-hybridized carbons (Fsp3) is 0. The van der Waals surface area contributed by atoms with Crippen molar-refractivity contribution in [2.75, 3.05) is 4.90 Å². The highest BCUT2D eigenvalue weighted by molar-refractivity contribution is 6.23. The standard InChI is InChI=1S/C50H33N/c1-2-13-34(14-3-1)37-17-12-18-41(31-37)51(49-33-39-26-25-35-15-4-7-20-43(35)50(39)47-24-11-10-23-46(47)49)40-29-27-36(28-30-40)48-32-38-16-5-6-19-42(38)44-21-8-9-22-45(44)48/h1-33H. The van der Waals surface area contributed by atoms with Gasteiger partial charge < -0.3 is 4.90 Å². The molecule has 10 rings (SSSR count). The zero-order chi connectivity index (χ0) is 33.7. The molecule has 0 saturated carbocycles. The van der Waals surface area contributed by atoms with Crippen LogP contribution in [-0.2, 0) is 0 Å². The lowest BCUT2D eigenvalue weighted by atomic mass is 9.93. The second kappa shape index (κ2) is 12.0. The number of hydrogen-bond donors (Lipinski definition) is 0. The Kier molecular flexibility index (Phi) is 6.89. The lowest BCUT2D eigenvalue weighted by molar-refractivity contribution is 1.30. The first-order chi connectivity index (χ1) is 25.3. The van der Waals surface area contributed by atoms with Crippen LogP contribution >= 0.6 is 0 Å². The maximum atomic E-state index is 2.44. The summed E-state index contributed by atoms with van der Waals surface area (Å²) in [5, 5.41) is 12.6. The molecule has 0 heterocycles. The van der Waals surface area contributed by atoms with Gasteiger partial charge in [-0.05, 0) is 107 Å². The summed E-state index contributed by atoms with van der Waals surface area (Å²) in [5.74, 6) is 0. The number of hydrogen-bond acceptors (Lipinski definition) is 1. The highest BCUT2D eigenvalue weighted by Crippen LogP contribution is 2.45. The predicted octanol–water partition coefficient (Wildman–Crippen LogP) is 14.3. The molecular weight excluding hydrogens is 615 g/mol. The Hall–Kier alpha value is -6.70. The molecule has 0 fully saturated rings. The van der Waals surface area contributed by atoms with Gasteiger partial charge in [-0.15, -0.1) is 0 Å². The molecule has 0 spiro atoms. The van der Waals surface area contributed by atoms with Crippen molar-refractivity contribution in [2.45, 2.75) is 0 Å². The van der Waals surface area contributed by atoms with Gasteiger partial charge in [0.25, 0.3) is 0 Å². The average molecular weight is 648 g/mol. The van der Waals surface area contributed by atoms with Crippen LogP contribution in [0.2, 0.25) is 0 Å². The topological polar surface area (TPSA) is 3.24 Å². The summed E-state index contributed by atoms with van der Waals surface area (Å²) in [6.45, 7) is 0. The summed E-state index contributed by atoms with van der Waals surface area (Å²) in [6.07, 6.45) is 0. The SMILES string of the molecule is c1ccc(-c2cccc(N(c3ccc(-c4cc5ccccc5c5ccccc45)cc3)c3cc4ccc5ccccc5c4c4ccccc34)c2)cc1. The second-order valence-electron chi connectivity index (χ2n) is 13.3. The molecule has 1 heteroatoms. The van der Waals surface area contributed by atoms with E-state index in [1.54, 1.807) is 0 Å². The molecule has 0 atom stereocenters. The summed E-state index contributed by atoms with van der Waals surface area (Å²) in [7, 11) is 0. The van der Waals surface area contributed by atoms with Gasteiger partial charge in [-0.3, -0.25) is 0 Å². The number of anilines is 3. The van der Waals surface area contributed by atoms with E-state index < -0.39 is 0 Å². The Labute approximate surface area is 297 Å². The van der Waals surface area contributed by atoms with Crippen LogP contribution in [0, 0.1) is 0 Å². The van der Waals surface area contributed by atoms with Gasteiger partial charge in [0.2, 0.25) is 0 Å². The van der Waals surface area contributed by atoms with E-state index in [9.17, 15) is 0 Å². The molecular formula is C50H33N. The normalized spacial score (nSPS) is 11.5. The van der Waals surface area contributed by atoms with Crippen molar-refractivity contribution in [1.82, 2.24) is 0 Å². The van der Waals surface area contributed by atoms with E-state index >= 15 is 0 Å². The van der Waals surface area contributed by atoms with Crippen LogP contribution in [0.4, 0.5) is 17.1 Å². The third kappa shape index (κ3) is 4.94. The van der Waals surface area contributed by atoms with Gasteiger partial charge in [0.05, 0.1) is 5.69 Å². The third-order valence-electron chi connectivity index (χ3n) is 10.4. The molecule has 0 aromatic heterocycles. The minimum Gasteiger partial charge on any atom is -0.310 e. The van der Waals surface area contributed by atoms with E-state index in [4.69, 9.17) is 0 Å². The first-order valence-corrected chi connectivity index (χ1v) is 17.6. The smallest absolute Gasteiger partial charge is 0.0546 e. The minimum atomic E-state index is 1.11. The summed E-state index contributed by atoms with van der Waals surface area (Å²) in [4.78, 5) is 2.44. The summed E-state index contributed by atoms with van der Waals surface area (Å²) >= 11 is 0. The van der Waals surface area contributed by atoms with Crippen LogP contribution in [-0.4, -0.2) is 0 Å². The van der Waals surface area contributed by atoms with E-state index in [2.05, 4.69) is 205 Å². The van der Waals surface area contributed by atoms with Crippen molar-refractivity contribution in [3.63, 3.8) is 0 Å². The zero-order valence-electron chi connectivity index (χ0n) is 28.0. The Balaban J connectivity index is 1.20. The monoisotopic (exact) mass is 647 g/mol. The van der Waals surface area contributed by atoms with E-state index in [0.29, 0.717) is 0 Å². The van der Waals surface area contributed by atoms with Gasteiger partial charge >= 0.3 is 0 Å². The van der Waals surface area contributed by atoms with Crippen molar-refractivity contribution in [1.29, 1.82) is 0 Å². The Morgan fingerprint density at radius 3 is 1.69 bits per heavy atom. The van der Waals surface area contributed by atoms with Crippen molar-refractivity contribution >= 4 is 70.9 Å². The first kappa shape index (κ1) is 29.2. The molecule has 0 N–H and O–H groups in total. The lowest BCUT2D eigenvalue weighted by Gasteiger charge is -2.28. The Morgan fingerprint density at radius 2 is 0.882 bits per heavy atom. The molecule has 0 aliphatic rings. The molecule has 0 aliphatic carbocycles. The molecule has 1 nitrogen and oxygen atoms in total. The second-order valence-corrected chi connectivity index (χ2v) is 13.3. The number of rotatable bonds is 5. The largest absolute Gasteiger partial charge is 0.310 e. The molecule has 0 aliphatic heterocycles. The summed E-state index contributed by atoms with van der Waals surface area (Å²) < 4.78 is 0. The molecule has 0 bridgehead atoms. The predicted molar refractivity (Wildman–Crippen MR) is 220 cm³/mol. The van der Waals surface area contributed by atoms with Gasteiger partial charge in [0.1, 0.15) is 0 Å². The molecule has 238 valence electrons. The van der Waals surface area contributed by atoms with E-state index in [1.807, 2.05) is 0 Å². The highest BCUT2D eigenvalue weighted by Gasteiger charge is 2.19. The van der Waals surface area contributed by atoms with Crippen LogP contribution in [0.5, 0.6) is 0 Å². The Bertz CT molecular complexity index is 2900. The highest BCUT2D eigenvalue weighted by atomic mass is 15.1. The van der Waals surface area contributed by atoms with E-state index in [0.717, 1.165) is 17.1 Å².